The van der Waals surface area contributed by atoms with Gasteiger partial charge >= 0.3 is 0 Å². The fourth-order valence-corrected chi connectivity index (χ4v) is 3.07. The van der Waals surface area contributed by atoms with E-state index in [-0.39, 0.29) is 5.56 Å². The van der Waals surface area contributed by atoms with E-state index in [2.05, 4.69) is 25.6 Å². The maximum Gasteiger partial charge on any atom is 0.252 e. The summed E-state index contributed by atoms with van der Waals surface area (Å²) in [5.41, 5.74) is 1.58. The number of aromatic amines is 1. The van der Waals surface area contributed by atoms with E-state index in [0.717, 1.165) is 5.69 Å². The number of rotatable bonds is 4. The van der Waals surface area contributed by atoms with Crippen molar-refractivity contribution in [2.24, 2.45) is 0 Å². The Morgan fingerprint density at radius 3 is 3.00 bits per heavy atom. The number of hydrogen-bond donors (Lipinski definition) is 2. The molecule has 1 aliphatic carbocycles. The quantitative estimate of drug-likeness (QED) is 0.899. The van der Waals surface area contributed by atoms with Gasteiger partial charge in [0.2, 0.25) is 5.95 Å². The summed E-state index contributed by atoms with van der Waals surface area (Å²) in [4.78, 5) is 22.8. The molecule has 1 fully saturated rings. The maximum absolute atomic E-state index is 11.3. The van der Waals surface area contributed by atoms with E-state index >= 15 is 0 Å². The Labute approximate surface area is 115 Å². The van der Waals surface area contributed by atoms with Crippen LogP contribution in [0, 0.1) is 6.92 Å². The molecule has 6 heteroatoms. The van der Waals surface area contributed by atoms with Gasteiger partial charge in [-0.15, -0.1) is 11.3 Å². The van der Waals surface area contributed by atoms with Gasteiger partial charge in [-0.2, -0.15) is 0 Å². The Kier molecular flexibility index (Phi) is 3.33. The minimum absolute atomic E-state index is 0.136. The van der Waals surface area contributed by atoms with Crippen LogP contribution in [0.4, 0.5) is 5.95 Å². The molecule has 0 atom stereocenters. The molecule has 3 rings (SSSR count). The Morgan fingerprint density at radius 1 is 1.47 bits per heavy atom. The van der Waals surface area contributed by atoms with Crippen molar-refractivity contribution in [2.75, 3.05) is 5.32 Å². The van der Waals surface area contributed by atoms with Crippen LogP contribution in [-0.2, 0) is 6.54 Å². The van der Waals surface area contributed by atoms with Crippen LogP contribution in [0.25, 0.3) is 0 Å². The summed E-state index contributed by atoms with van der Waals surface area (Å²) in [6.45, 7) is 2.40. The standard InChI is InChI=1S/C13H16N4OS/c1-8-5-11(18)17-13(15-8)14-6-10-7-19-12(16-10)9-3-2-4-9/h5,7,9H,2-4,6H2,1H3,(H2,14,15,17,18). The summed E-state index contributed by atoms with van der Waals surface area (Å²) in [6.07, 6.45) is 3.87. The molecule has 0 amide bonds. The topological polar surface area (TPSA) is 70.7 Å². The van der Waals surface area contributed by atoms with Gasteiger partial charge < -0.3 is 5.32 Å². The highest BCUT2D eigenvalue weighted by atomic mass is 32.1. The third kappa shape index (κ3) is 2.84. The third-order valence-corrected chi connectivity index (χ3v) is 4.39. The number of aryl methyl sites for hydroxylation is 1. The second-order valence-corrected chi connectivity index (χ2v) is 5.78. The summed E-state index contributed by atoms with van der Waals surface area (Å²) in [5, 5.41) is 6.43. The molecule has 0 saturated heterocycles. The van der Waals surface area contributed by atoms with Crippen molar-refractivity contribution in [3.05, 3.63) is 38.2 Å². The number of hydrogen-bond acceptors (Lipinski definition) is 5. The molecule has 0 unspecified atom stereocenters. The highest BCUT2D eigenvalue weighted by Gasteiger charge is 2.22. The first-order valence-corrected chi connectivity index (χ1v) is 7.35. The van der Waals surface area contributed by atoms with E-state index in [1.807, 2.05) is 0 Å². The first-order chi connectivity index (χ1) is 9.20. The predicted octanol–water partition coefficient (Wildman–Crippen LogP) is 2.41. The molecule has 1 saturated carbocycles. The lowest BCUT2D eigenvalue weighted by molar-refractivity contribution is 0.418. The average Bonchev–Trinajstić information content (AvgIpc) is 2.71. The number of nitrogens with one attached hydrogen (secondary N) is 2. The van der Waals surface area contributed by atoms with Crippen LogP contribution >= 0.6 is 11.3 Å². The Morgan fingerprint density at radius 2 is 2.32 bits per heavy atom. The first-order valence-electron chi connectivity index (χ1n) is 6.47. The number of thiazole rings is 1. The fraction of sp³-hybridized carbons (Fsp3) is 0.462. The van der Waals surface area contributed by atoms with E-state index in [4.69, 9.17) is 0 Å². The molecular formula is C13H16N4OS. The van der Waals surface area contributed by atoms with Crippen LogP contribution in [0.15, 0.2) is 16.2 Å². The van der Waals surface area contributed by atoms with Gasteiger partial charge in [-0.25, -0.2) is 9.97 Å². The highest BCUT2D eigenvalue weighted by molar-refractivity contribution is 7.09. The van der Waals surface area contributed by atoms with E-state index in [0.29, 0.717) is 24.1 Å². The molecule has 2 aromatic heterocycles. The molecule has 2 heterocycles. The van der Waals surface area contributed by atoms with Crippen LogP contribution in [0.5, 0.6) is 0 Å². The Hall–Kier alpha value is -1.69. The van der Waals surface area contributed by atoms with E-state index in [1.165, 1.54) is 30.3 Å². The number of aromatic nitrogens is 3. The number of anilines is 1. The predicted molar refractivity (Wildman–Crippen MR) is 75.6 cm³/mol. The number of H-pyrrole nitrogens is 1. The molecule has 0 radical (unpaired) electrons. The lowest BCUT2D eigenvalue weighted by Gasteiger charge is -2.22. The van der Waals surface area contributed by atoms with Crippen LogP contribution in [0.1, 0.15) is 41.6 Å². The summed E-state index contributed by atoms with van der Waals surface area (Å²) in [5.74, 6) is 1.18. The third-order valence-electron chi connectivity index (χ3n) is 3.33. The smallest absolute Gasteiger partial charge is 0.252 e. The van der Waals surface area contributed by atoms with Gasteiger partial charge in [0.25, 0.3) is 5.56 Å². The zero-order valence-electron chi connectivity index (χ0n) is 10.8. The average molecular weight is 276 g/mol. The van der Waals surface area contributed by atoms with Crippen molar-refractivity contribution in [1.82, 2.24) is 15.0 Å². The lowest BCUT2D eigenvalue weighted by atomic mass is 9.86. The van der Waals surface area contributed by atoms with Gasteiger partial charge in [-0.3, -0.25) is 9.78 Å². The minimum Gasteiger partial charge on any atom is -0.350 e. The van der Waals surface area contributed by atoms with Gasteiger partial charge in [0.15, 0.2) is 0 Å². The van der Waals surface area contributed by atoms with Crippen LogP contribution in [-0.4, -0.2) is 15.0 Å². The molecule has 100 valence electrons. The zero-order chi connectivity index (χ0) is 13.2. The van der Waals surface area contributed by atoms with Gasteiger partial charge in [0.05, 0.1) is 17.2 Å². The van der Waals surface area contributed by atoms with Gasteiger partial charge in [-0.05, 0) is 19.8 Å². The van der Waals surface area contributed by atoms with Crippen molar-refractivity contribution in [2.45, 2.75) is 38.6 Å². The number of nitrogens with zero attached hydrogens (tertiary/aromatic N) is 2. The molecule has 19 heavy (non-hydrogen) atoms. The Balaban J connectivity index is 1.65. The highest BCUT2D eigenvalue weighted by Crippen LogP contribution is 2.37. The molecule has 2 N–H and O–H groups in total. The first kappa shape index (κ1) is 12.3. The second-order valence-electron chi connectivity index (χ2n) is 4.89. The maximum atomic E-state index is 11.3. The summed E-state index contributed by atoms with van der Waals surface area (Å²) in [6, 6.07) is 1.47. The zero-order valence-corrected chi connectivity index (χ0v) is 11.6. The molecular weight excluding hydrogens is 260 g/mol. The molecule has 0 aromatic carbocycles. The van der Waals surface area contributed by atoms with Crippen molar-refractivity contribution in [3.63, 3.8) is 0 Å². The summed E-state index contributed by atoms with van der Waals surface area (Å²) >= 11 is 1.73. The molecule has 2 aromatic rings. The minimum atomic E-state index is -0.136. The van der Waals surface area contributed by atoms with E-state index < -0.39 is 0 Å². The molecule has 0 bridgehead atoms. The van der Waals surface area contributed by atoms with Gasteiger partial charge in [0, 0.05) is 23.1 Å². The van der Waals surface area contributed by atoms with Crippen molar-refractivity contribution in [1.29, 1.82) is 0 Å². The Bertz CT molecular complexity index is 630. The molecule has 0 spiro atoms. The van der Waals surface area contributed by atoms with Crippen LogP contribution in [0.3, 0.4) is 0 Å². The van der Waals surface area contributed by atoms with Crippen LogP contribution in [0.2, 0.25) is 0 Å². The second kappa shape index (κ2) is 5.13. The SMILES string of the molecule is Cc1cc(=O)[nH]c(NCc2csc(C3CCC3)n2)n1. The monoisotopic (exact) mass is 276 g/mol. The molecule has 5 nitrogen and oxygen atoms in total. The van der Waals surface area contributed by atoms with E-state index in [9.17, 15) is 4.79 Å². The normalized spacial score (nSPS) is 15.2. The van der Waals surface area contributed by atoms with Crippen LogP contribution < -0.4 is 10.9 Å². The lowest BCUT2D eigenvalue weighted by Crippen LogP contribution is -2.13. The van der Waals surface area contributed by atoms with Gasteiger partial charge in [-0.1, -0.05) is 6.42 Å². The van der Waals surface area contributed by atoms with Crippen molar-refractivity contribution < 1.29 is 0 Å². The largest absolute Gasteiger partial charge is 0.350 e. The van der Waals surface area contributed by atoms with E-state index in [1.54, 1.807) is 18.3 Å². The fourth-order valence-electron chi connectivity index (χ4n) is 2.08. The summed E-state index contributed by atoms with van der Waals surface area (Å²) in [7, 11) is 0. The van der Waals surface area contributed by atoms with Crippen molar-refractivity contribution >= 4 is 17.3 Å². The van der Waals surface area contributed by atoms with Crippen molar-refractivity contribution in [3.8, 4) is 0 Å². The van der Waals surface area contributed by atoms with Gasteiger partial charge in [0.1, 0.15) is 0 Å². The molecule has 1 aliphatic rings. The summed E-state index contributed by atoms with van der Waals surface area (Å²) < 4.78 is 0. The molecule has 0 aliphatic heterocycles.